The molecule has 190 valence electrons. The van der Waals surface area contributed by atoms with Crippen LogP contribution in [0.1, 0.15) is 21.7 Å². The van der Waals surface area contributed by atoms with Crippen molar-refractivity contribution in [3.05, 3.63) is 96.3 Å². The summed E-state index contributed by atoms with van der Waals surface area (Å²) in [7, 11) is 0. The van der Waals surface area contributed by atoms with Crippen LogP contribution in [0.5, 0.6) is 0 Å². The highest BCUT2D eigenvalue weighted by atomic mass is 19.4. The van der Waals surface area contributed by atoms with E-state index in [1.807, 2.05) is 23.2 Å². The maximum absolute atomic E-state index is 13.5. The summed E-state index contributed by atoms with van der Waals surface area (Å²) in [5, 5.41) is 2.64. The van der Waals surface area contributed by atoms with Crippen LogP contribution in [0, 0.1) is 0 Å². The van der Waals surface area contributed by atoms with Gasteiger partial charge in [0.25, 0.3) is 5.91 Å². The molecule has 0 saturated carbocycles. The molecule has 3 aromatic heterocycles. The SMILES string of the molecule is O=C(Nc1cc(C(F)(F)F)ccc1N1CCN(Cc2cccnc2)CC1)c1ccc(-c2ccncc2)o1. The fraction of sp³-hybridized carbons (Fsp3) is 0.222. The Hall–Kier alpha value is -4.18. The first-order chi connectivity index (χ1) is 17.9. The average molecular weight is 508 g/mol. The number of amides is 1. The van der Waals surface area contributed by atoms with Crippen LogP contribution < -0.4 is 10.2 Å². The molecular formula is C27H24F3N5O2. The van der Waals surface area contributed by atoms with E-state index < -0.39 is 17.6 Å². The molecule has 4 aromatic rings. The molecule has 0 atom stereocenters. The molecule has 1 aliphatic rings. The summed E-state index contributed by atoms with van der Waals surface area (Å²) in [5.41, 5.74) is 1.62. The van der Waals surface area contributed by atoms with Crippen molar-refractivity contribution in [2.24, 2.45) is 0 Å². The van der Waals surface area contributed by atoms with Crippen LogP contribution in [0.25, 0.3) is 11.3 Å². The number of halogens is 3. The second-order valence-electron chi connectivity index (χ2n) is 8.71. The summed E-state index contributed by atoms with van der Waals surface area (Å²) in [6.45, 7) is 3.38. The lowest BCUT2D eigenvalue weighted by Gasteiger charge is -2.37. The van der Waals surface area contributed by atoms with Crippen LogP contribution in [-0.4, -0.2) is 47.0 Å². The van der Waals surface area contributed by atoms with Crippen molar-refractivity contribution in [1.29, 1.82) is 0 Å². The molecule has 0 bridgehead atoms. The van der Waals surface area contributed by atoms with Crippen molar-refractivity contribution < 1.29 is 22.4 Å². The van der Waals surface area contributed by atoms with Crippen LogP contribution >= 0.6 is 0 Å². The van der Waals surface area contributed by atoms with Crippen LogP contribution in [0.2, 0.25) is 0 Å². The number of anilines is 2. The number of rotatable bonds is 6. The molecule has 1 aromatic carbocycles. The average Bonchev–Trinajstić information content (AvgIpc) is 3.41. The van der Waals surface area contributed by atoms with Gasteiger partial charge in [0.15, 0.2) is 5.76 Å². The van der Waals surface area contributed by atoms with Crippen LogP contribution in [0.4, 0.5) is 24.5 Å². The smallest absolute Gasteiger partial charge is 0.416 e. The molecule has 0 radical (unpaired) electrons. The van der Waals surface area contributed by atoms with Gasteiger partial charge in [-0.3, -0.25) is 19.7 Å². The topological polar surface area (TPSA) is 74.5 Å². The van der Waals surface area contributed by atoms with Crippen molar-refractivity contribution in [2.45, 2.75) is 12.7 Å². The maximum atomic E-state index is 13.5. The number of nitrogens with one attached hydrogen (secondary N) is 1. The Kier molecular flexibility index (Phi) is 6.91. The van der Waals surface area contributed by atoms with Crippen molar-refractivity contribution in [2.75, 3.05) is 36.4 Å². The van der Waals surface area contributed by atoms with E-state index in [1.54, 1.807) is 36.8 Å². The van der Waals surface area contributed by atoms with E-state index >= 15 is 0 Å². The summed E-state index contributed by atoms with van der Waals surface area (Å²) < 4.78 is 46.1. The summed E-state index contributed by atoms with van der Waals surface area (Å²) >= 11 is 0. The Labute approximate surface area is 211 Å². The number of hydrogen-bond acceptors (Lipinski definition) is 6. The highest BCUT2D eigenvalue weighted by molar-refractivity contribution is 6.04. The number of alkyl halides is 3. The van der Waals surface area contributed by atoms with Gasteiger partial charge in [0.2, 0.25) is 0 Å². The van der Waals surface area contributed by atoms with Gasteiger partial charge in [-0.1, -0.05) is 6.07 Å². The summed E-state index contributed by atoms with van der Waals surface area (Å²) in [5.74, 6) is -0.172. The lowest BCUT2D eigenvalue weighted by atomic mass is 10.1. The number of nitrogens with zero attached hydrogens (tertiary/aromatic N) is 4. The van der Waals surface area contributed by atoms with Gasteiger partial charge < -0.3 is 14.6 Å². The molecule has 0 unspecified atom stereocenters. The monoisotopic (exact) mass is 507 g/mol. The van der Waals surface area contributed by atoms with Gasteiger partial charge in [-0.05, 0) is 54.1 Å². The van der Waals surface area contributed by atoms with E-state index in [9.17, 15) is 18.0 Å². The van der Waals surface area contributed by atoms with E-state index in [0.29, 0.717) is 24.5 Å². The van der Waals surface area contributed by atoms with Crippen LogP contribution in [-0.2, 0) is 12.7 Å². The Bertz CT molecular complexity index is 1350. The Morgan fingerprint density at radius 2 is 1.73 bits per heavy atom. The molecule has 1 N–H and O–H groups in total. The maximum Gasteiger partial charge on any atom is 0.416 e. The number of benzene rings is 1. The number of carbonyl (C=O) groups is 1. The molecule has 0 aliphatic carbocycles. The standard InChI is InChI=1S/C27H24F3N5O2/c28-27(29,30)21-3-4-23(35-14-12-34(13-15-35)18-19-2-1-9-32-17-19)22(16-21)33-26(36)25-6-5-24(37-25)20-7-10-31-11-8-20/h1-11,16-17H,12-15,18H2,(H,33,36). The van der Waals surface area contributed by atoms with Crippen molar-refractivity contribution in [3.8, 4) is 11.3 Å². The number of aromatic nitrogens is 2. The molecule has 37 heavy (non-hydrogen) atoms. The molecule has 1 saturated heterocycles. The lowest BCUT2D eigenvalue weighted by Crippen LogP contribution is -2.46. The second-order valence-corrected chi connectivity index (χ2v) is 8.71. The minimum absolute atomic E-state index is 0.00327. The molecular weight excluding hydrogens is 483 g/mol. The fourth-order valence-electron chi connectivity index (χ4n) is 4.30. The summed E-state index contributed by atoms with van der Waals surface area (Å²) in [4.78, 5) is 25.3. The number of hydrogen-bond donors (Lipinski definition) is 1. The highest BCUT2D eigenvalue weighted by Gasteiger charge is 2.32. The minimum Gasteiger partial charge on any atom is -0.451 e. The molecule has 10 heteroatoms. The van der Waals surface area contributed by atoms with Gasteiger partial charge in [0.05, 0.1) is 16.9 Å². The number of piperazine rings is 1. The van der Waals surface area contributed by atoms with E-state index in [-0.39, 0.29) is 11.4 Å². The first-order valence-electron chi connectivity index (χ1n) is 11.8. The van der Waals surface area contributed by atoms with Gasteiger partial charge in [-0.15, -0.1) is 0 Å². The number of furan rings is 1. The van der Waals surface area contributed by atoms with Crippen molar-refractivity contribution >= 4 is 17.3 Å². The van der Waals surface area contributed by atoms with Crippen LogP contribution in [0.15, 0.2) is 83.8 Å². The van der Waals surface area contributed by atoms with E-state index in [1.165, 1.54) is 12.1 Å². The molecule has 0 spiro atoms. The van der Waals surface area contributed by atoms with Gasteiger partial charge >= 0.3 is 6.18 Å². The molecule has 5 rings (SSSR count). The zero-order chi connectivity index (χ0) is 25.8. The first kappa shape index (κ1) is 24.5. The van der Waals surface area contributed by atoms with E-state index in [2.05, 4.69) is 20.2 Å². The first-order valence-corrected chi connectivity index (χ1v) is 11.8. The minimum atomic E-state index is -4.54. The number of pyridine rings is 2. The number of carbonyl (C=O) groups excluding carboxylic acids is 1. The zero-order valence-corrected chi connectivity index (χ0v) is 19.8. The molecule has 1 fully saturated rings. The quantitative estimate of drug-likeness (QED) is 0.380. The van der Waals surface area contributed by atoms with Gasteiger partial charge in [0.1, 0.15) is 5.76 Å². The Morgan fingerprint density at radius 1 is 0.946 bits per heavy atom. The van der Waals surface area contributed by atoms with Gasteiger partial charge in [-0.2, -0.15) is 13.2 Å². The normalized spacial score (nSPS) is 14.5. The molecule has 1 aliphatic heterocycles. The zero-order valence-electron chi connectivity index (χ0n) is 19.8. The summed E-state index contributed by atoms with van der Waals surface area (Å²) in [6, 6.07) is 13.9. The van der Waals surface area contributed by atoms with Crippen LogP contribution in [0.3, 0.4) is 0 Å². The Morgan fingerprint density at radius 3 is 2.43 bits per heavy atom. The second kappa shape index (κ2) is 10.4. The Balaban J connectivity index is 1.34. The molecule has 7 nitrogen and oxygen atoms in total. The predicted octanol–water partition coefficient (Wildman–Crippen LogP) is 5.33. The molecule has 4 heterocycles. The molecule has 1 amide bonds. The van der Waals surface area contributed by atoms with E-state index in [4.69, 9.17) is 4.42 Å². The largest absolute Gasteiger partial charge is 0.451 e. The van der Waals surface area contributed by atoms with Gasteiger partial charge in [-0.25, -0.2) is 0 Å². The van der Waals surface area contributed by atoms with Gasteiger partial charge in [0, 0.05) is 63.1 Å². The fourth-order valence-corrected chi connectivity index (χ4v) is 4.30. The summed E-state index contributed by atoms with van der Waals surface area (Å²) in [6.07, 6.45) is 2.21. The third-order valence-corrected chi connectivity index (χ3v) is 6.21. The van der Waals surface area contributed by atoms with Crippen molar-refractivity contribution in [3.63, 3.8) is 0 Å². The van der Waals surface area contributed by atoms with E-state index in [0.717, 1.165) is 42.9 Å². The lowest BCUT2D eigenvalue weighted by molar-refractivity contribution is -0.137. The third-order valence-electron chi connectivity index (χ3n) is 6.21. The van der Waals surface area contributed by atoms with Crippen molar-refractivity contribution in [1.82, 2.24) is 14.9 Å². The predicted molar refractivity (Wildman–Crippen MR) is 133 cm³/mol. The highest BCUT2D eigenvalue weighted by Crippen LogP contribution is 2.36. The third kappa shape index (κ3) is 5.80.